The lowest BCUT2D eigenvalue weighted by atomic mass is 10.0. The summed E-state index contributed by atoms with van der Waals surface area (Å²) in [6.45, 7) is 0.233. The average Bonchev–Trinajstić information content (AvgIpc) is 3.35. The number of benzene rings is 2. The number of nitrogens with one attached hydrogen (secondary N) is 2. The SMILES string of the molecule is CS(=O)(=O)NC(=O)c1c(-c2ccc[nH]c2=O)c2cc3c(cc2n1Cc1ccc(F)cc1F)CCO3. The number of sulfonamides is 1. The number of aromatic amines is 1. The summed E-state index contributed by atoms with van der Waals surface area (Å²) in [5.74, 6) is -2.01. The molecule has 0 spiro atoms. The van der Waals surface area contributed by atoms with Crippen molar-refractivity contribution in [1.29, 1.82) is 0 Å². The number of amides is 1. The molecule has 5 rings (SSSR count). The molecule has 4 aromatic rings. The minimum absolute atomic E-state index is 0.0713. The van der Waals surface area contributed by atoms with Gasteiger partial charge in [-0.25, -0.2) is 21.9 Å². The average molecular weight is 499 g/mol. The smallest absolute Gasteiger partial charge is 0.282 e. The van der Waals surface area contributed by atoms with Gasteiger partial charge in [0.2, 0.25) is 10.0 Å². The molecule has 0 aliphatic carbocycles. The summed E-state index contributed by atoms with van der Waals surface area (Å²) in [5.41, 5.74) is 1.01. The second-order valence-corrected chi connectivity index (χ2v) is 9.99. The molecule has 0 unspecified atom stereocenters. The minimum Gasteiger partial charge on any atom is -0.493 e. The van der Waals surface area contributed by atoms with Crippen LogP contribution in [0.3, 0.4) is 0 Å². The molecular weight excluding hydrogens is 480 g/mol. The quantitative estimate of drug-likeness (QED) is 0.439. The molecule has 8 nitrogen and oxygen atoms in total. The molecule has 0 radical (unpaired) electrons. The zero-order valence-corrected chi connectivity index (χ0v) is 19.2. The second kappa shape index (κ2) is 8.35. The molecular formula is C24H19F2N3O5S. The molecule has 0 bridgehead atoms. The largest absolute Gasteiger partial charge is 0.493 e. The van der Waals surface area contributed by atoms with Crippen LogP contribution in [0.15, 0.2) is 53.5 Å². The Morgan fingerprint density at radius 3 is 2.71 bits per heavy atom. The Bertz CT molecular complexity index is 1670. The topological polar surface area (TPSA) is 110 Å². The summed E-state index contributed by atoms with van der Waals surface area (Å²) in [6, 6.07) is 9.61. The Balaban J connectivity index is 1.87. The molecule has 0 saturated heterocycles. The zero-order chi connectivity index (χ0) is 24.9. The van der Waals surface area contributed by atoms with Crippen LogP contribution >= 0.6 is 0 Å². The molecule has 11 heteroatoms. The van der Waals surface area contributed by atoms with E-state index in [9.17, 15) is 26.8 Å². The summed E-state index contributed by atoms with van der Waals surface area (Å²) in [5, 5.41) is 0.448. The van der Waals surface area contributed by atoms with Crippen LogP contribution in [0, 0.1) is 11.6 Å². The lowest BCUT2D eigenvalue weighted by Gasteiger charge is -2.13. The Labute approximate surface area is 198 Å². The normalized spacial score (nSPS) is 13.0. The van der Waals surface area contributed by atoms with Crippen LogP contribution < -0.4 is 15.0 Å². The van der Waals surface area contributed by atoms with E-state index in [1.807, 2.05) is 4.72 Å². The maximum Gasteiger partial charge on any atom is 0.282 e. The van der Waals surface area contributed by atoms with E-state index < -0.39 is 33.1 Å². The number of rotatable bonds is 5. The number of carbonyl (C=O) groups excluding carboxylic acids is 1. The molecule has 1 amide bonds. The Hall–Kier alpha value is -3.99. The minimum atomic E-state index is -3.98. The van der Waals surface area contributed by atoms with Crippen LogP contribution in [0.25, 0.3) is 22.0 Å². The number of hydrogen-bond donors (Lipinski definition) is 2. The van der Waals surface area contributed by atoms with Crippen LogP contribution in [-0.4, -0.2) is 36.7 Å². The van der Waals surface area contributed by atoms with Gasteiger partial charge in [-0.1, -0.05) is 6.07 Å². The summed E-state index contributed by atoms with van der Waals surface area (Å²) in [7, 11) is -3.98. The highest BCUT2D eigenvalue weighted by molar-refractivity contribution is 7.89. The van der Waals surface area contributed by atoms with Crippen molar-refractivity contribution >= 4 is 26.8 Å². The van der Waals surface area contributed by atoms with Gasteiger partial charge in [0.25, 0.3) is 11.5 Å². The van der Waals surface area contributed by atoms with Crippen molar-refractivity contribution < 1.29 is 26.7 Å². The predicted octanol–water partition coefficient (Wildman–Crippen LogP) is 2.95. The van der Waals surface area contributed by atoms with Gasteiger partial charge < -0.3 is 14.3 Å². The van der Waals surface area contributed by atoms with Crippen molar-refractivity contribution in [3.05, 3.63) is 87.5 Å². The van der Waals surface area contributed by atoms with E-state index in [-0.39, 0.29) is 28.9 Å². The monoisotopic (exact) mass is 499 g/mol. The Kier molecular flexibility index (Phi) is 5.43. The molecule has 0 atom stereocenters. The highest BCUT2D eigenvalue weighted by Gasteiger charge is 2.29. The van der Waals surface area contributed by atoms with E-state index >= 15 is 0 Å². The van der Waals surface area contributed by atoms with Crippen molar-refractivity contribution in [1.82, 2.24) is 14.3 Å². The molecule has 0 saturated carbocycles. The Morgan fingerprint density at radius 1 is 1.20 bits per heavy atom. The summed E-state index contributed by atoms with van der Waals surface area (Å²) in [4.78, 5) is 28.7. The van der Waals surface area contributed by atoms with Crippen molar-refractivity contribution in [3.63, 3.8) is 0 Å². The number of nitrogens with zero attached hydrogens (tertiary/aromatic N) is 1. The van der Waals surface area contributed by atoms with Gasteiger partial charge in [-0.3, -0.25) is 9.59 Å². The molecule has 3 heterocycles. The van der Waals surface area contributed by atoms with Crippen molar-refractivity contribution in [3.8, 4) is 16.9 Å². The van der Waals surface area contributed by atoms with Gasteiger partial charge in [-0.05, 0) is 35.9 Å². The standard InChI is InChI=1S/C24H19F2N3O5S/c1-35(32,33)28-24(31)22-21(16-3-2-7-27-23(16)30)17-11-20-13(6-8-34-20)9-19(17)29(22)12-14-4-5-15(25)10-18(14)26/h2-5,7,9-11H,6,8,12H2,1H3,(H,27,30)(H,28,31). The summed E-state index contributed by atoms with van der Waals surface area (Å²) < 4.78 is 61.1. The molecule has 180 valence electrons. The molecule has 2 aromatic heterocycles. The first kappa shape index (κ1) is 22.8. The molecule has 2 aromatic carbocycles. The molecule has 0 fully saturated rings. The van der Waals surface area contributed by atoms with Gasteiger partial charge in [0.1, 0.15) is 23.1 Å². The maximum absolute atomic E-state index is 14.6. The van der Waals surface area contributed by atoms with Crippen LogP contribution in [0.5, 0.6) is 5.75 Å². The van der Waals surface area contributed by atoms with Crippen molar-refractivity contribution in [2.75, 3.05) is 12.9 Å². The summed E-state index contributed by atoms with van der Waals surface area (Å²) in [6.07, 6.45) is 2.86. The van der Waals surface area contributed by atoms with Gasteiger partial charge in [-0.15, -0.1) is 0 Å². The van der Waals surface area contributed by atoms with E-state index in [4.69, 9.17) is 4.74 Å². The zero-order valence-electron chi connectivity index (χ0n) is 18.4. The third-order valence-electron chi connectivity index (χ3n) is 5.80. The van der Waals surface area contributed by atoms with Gasteiger partial charge in [0.15, 0.2) is 0 Å². The third-order valence-corrected chi connectivity index (χ3v) is 6.36. The predicted molar refractivity (Wildman–Crippen MR) is 125 cm³/mol. The van der Waals surface area contributed by atoms with Gasteiger partial charge >= 0.3 is 0 Å². The van der Waals surface area contributed by atoms with Gasteiger partial charge in [-0.2, -0.15) is 0 Å². The van der Waals surface area contributed by atoms with Crippen molar-refractivity contribution in [2.24, 2.45) is 0 Å². The van der Waals surface area contributed by atoms with E-state index in [2.05, 4.69) is 4.98 Å². The number of ether oxygens (including phenoxy) is 1. The number of halogens is 2. The maximum atomic E-state index is 14.6. The fourth-order valence-corrected chi connectivity index (χ4v) is 4.78. The number of carbonyl (C=O) groups is 1. The van der Waals surface area contributed by atoms with Gasteiger partial charge in [0, 0.05) is 40.8 Å². The second-order valence-electron chi connectivity index (χ2n) is 8.24. The van der Waals surface area contributed by atoms with Crippen LogP contribution in [0.2, 0.25) is 0 Å². The number of hydrogen-bond acceptors (Lipinski definition) is 5. The highest BCUT2D eigenvalue weighted by Crippen LogP contribution is 2.39. The van der Waals surface area contributed by atoms with Crippen LogP contribution in [0.4, 0.5) is 8.78 Å². The van der Waals surface area contributed by atoms with Crippen molar-refractivity contribution in [2.45, 2.75) is 13.0 Å². The third kappa shape index (κ3) is 4.18. The summed E-state index contributed by atoms with van der Waals surface area (Å²) >= 11 is 0. The highest BCUT2D eigenvalue weighted by atomic mass is 32.2. The van der Waals surface area contributed by atoms with Crippen LogP contribution in [0.1, 0.15) is 21.6 Å². The number of H-pyrrole nitrogens is 1. The lowest BCUT2D eigenvalue weighted by Crippen LogP contribution is -2.32. The van der Waals surface area contributed by atoms with Crippen LogP contribution in [-0.2, 0) is 23.0 Å². The number of fused-ring (bicyclic) bond motifs is 2. The lowest BCUT2D eigenvalue weighted by molar-refractivity contribution is 0.0974. The first-order valence-electron chi connectivity index (χ1n) is 10.6. The number of aromatic nitrogens is 2. The Morgan fingerprint density at radius 2 is 2.00 bits per heavy atom. The molecule has 1 aliphatic heterocycles. The van der Waals surface area contributed by atoms with E-state index in [0.29, 0.717) is 29.7 Å². The molecule has 35 heavy (non-hydrogen) atoms. The van der Waals surface area contributed by atoms with E-state index in [1.54, 1.807) is 18.2 Å². The molecule has 1 aliphatic rings. The van der Waals surface area contributed by atoms with E-state index in [0.717, 1.165) is 24.0 Å². The van der Waals surface area contributed by atoms with Gasteiger partial charge in [0.05, 0.1) is 24.9 Å². The first-order valence-corrected chi connectivity index (χ1v) is 12.5. The molecule has 2 N–H and O–H groups in total. The fourth-order valence-electron chi connectivity index (χ4n) is 4.35. The van der Waals surface area contributed by atoms with E-state index in [1.165, 1.54) is 22.9 Å². The number of pyridine rings is 1. The first-order chi connectivity index (χ1) is 16.6. The fraction of sp³-hybridized carbons (Fsp3) is 0.167.